The Morgan fingerprint density at radius 3 is 2.65 bits per heavy atom. The summed E-state index contributed by atoms with van der Waals surface area (Å²) in [5.41, 5.74) is 5.69. The number of nitrogens with one attached hydrogen (secondary N) is 1. The molecule has 0 saturated heterocycles. The summed E-state index contributed by atoms with van der Waals surface area (Å²) in [4.78, 5) is 15.2. The van der Waals surface area contributed by atoms with Crippen molar-refractivity contribution in [3.63, 3.8) is 0 Å². The third-order valence-corrected chi connectivity index (χ3v) is 4.01. The van der Waals surface area contributed by atoms with E-state index in [-0.39, 0.29) is 16.5 Å². The summed E-state index contributed by atoms with van der Waals surface area (Å²) in [7, 11) is -3.86. The molecule has 1 heterocycles. The Hall–Kier alpha value is -1.58. The van der Waals surface area contributed by atoms with Gasteiger partial charge in [0.25, 0.3) is 0 Å². The molecule has 0 radical (unpaired) electrons. The van der Waals surface area contributed by atoms with E-state index in [1.807, 2.05) is 0 Å². The van der Waals surface area contributed by atoms with Gasteiger partial charge in [-0.2, -0.15) is 4.72 Å². The van der Waals surface area contributed by atoms with Crippen molar-refractivity contribution < 1.29 is 17.9 Å². The van der Waals surface area contributed by atoms with Crippen LogP contribution in [0.4, 0.5) is 0 Å². The smallest absolute Gasteiger partial charge is 0.323 e. The molecule has 0 aliphatic rings. The quantitative estimate of drug-likeness (QED) is 0.558. The largest absolute Gasteiger partial charge is 0.465 e. The van der Waals surface area contributed by atoms with Crippen LogP contribution in [0.1, 0.15) is 19.5 Å². The zero-order valence-electron chi connectivity index (χ0n) is 11.0. The standard InChI is InChI=1S/C11H15N3O4S2/c1-3-18-11(15)7(2)14-20(16,17)8-4-5-9(10(12)19)13-6-8/h4-7,14H,3H2,1-2H3,(H2,12,19). The van der Waals surface area contributed by atoms with Gasteiger partial charge in [0, 0.05) is 6.20 Å². The SMILES string of the molecule is CCOC(=O)C(C)NS(=O)(=O)c1ccc(C(N)=S)nc1. The van der Waals surface area contributed by atoms with E-state index in [1.165, 1.54) is 19.1 Å². The van der Waals surface area contributed by atoms with E-state index in [0.717, 1.165) is 6.20 Å². The maximum Gasteiger partial charge on any atom is 0.323 e. The van der Waals surface area contributed by atoms with Crippen LogP contribution in [0.3, 0.4) is 0 Å². The number of aromatic nitrogens is 1. The zero-order valence-corrected chi connectivity index (χ0v) is 12.6. The second-order valence-corrected chi connectivity index (χ2v) is 5.99. The van der Waals surface area contributed by atoms with Gasteiger partial charge in [0.05, 0.1) is 12.3 Å². The van der Waals surface area contributed by atoms with Gasteiger partial charge in [-0.05, 0) is 26.0 Å². The van der Waals surface area contributed by atoms with Crippen molar-refractivity contribution in [1.82, 2.24) is 9.71 Å². The molecule has 0 aliphatic heterocycles. The Balaban J connectivity index is 2.88. The molecule has 20 heavy (non-hydrogen) atoms. The number of carbonyl (C=O) groups excluding carboxylic acids is 1. The maximum absolute atomic E-state index is 12.0. The summed E-state index contributed by atoms with van der Waals surface area (Å²) in [6.45, 7) is 3.21. The Labute approximate surface area is 122 Å². The molecule has 0 fully saturated rings. The monoisotopic (exact) mass is 317 g/mol. The first-order chi connectivity index (χ1) is 9.27. The lowest BCUT2D eigenvalue weighted by Crippen LogP contribution is -2.39. The van der Waals surface area contributed by atoms with E-state index < -0.39 is 22.0 Å². The number of esters is 1. The van der Waals surface area contributed by atoms with Crippen LogP contribution in [-0.4, -0.2) is 37.0 Å². The first-order valence-corrected chi connectivity index (χ1v) is 7.62. The van der Waals surface area contributed by atoms with E-state index in [9.17, 15) is 13.2 Å². The summed E-state index contributed by atoms with van der Waals surface area (Å²) in [6, 6.07) is 1.71. The van der Waals surface area contributed by atoms with E-state index in [2.05, 4.69) is 9.71 Å². The van der Waals surface area contributed by atoms with Crippen LogP contribution in [0.2, 0.25) is 0 Å². The number of sulfonamides is 1. The molecule has 9 heteroatoms. The average molecular weight is 317 g/mol. The molecule has 0 bridgehead atoms. The molecule has 3 N–H and O–H groups in total. The molecule has 7 nitrogen and oxygen atoms in total. The fourth-order valence-electron chi connectivity index (χ4n) is 1.30. The van der Waals surface area contributed by atoms with Crippen LogP contribution >= 0.6 is 12.2 Å². The first-order valence-electron chi connectivity index (χ1n) is 5.72. The van der Waals surface area contributed by atoms with E-state index >= 15 is 0 Å². The van der Waals surface area contributed by atoms with Crippen molar-refractivity contribution in [1.29, 1.82) is 0 Å². The van der Waals surface area contributed by atoms with Gasteiger partial charge in [-0.3, -0.25) is 9.78 Å². The number of rotatable bonds is 6. The van der Waals surface area contributed by atoms with Gasteiger partial charge >= 0.3 is 5.97 Å². The lowest BCUT2D eigenvalue weighted by Gasteiger charge is -2.13. The topological polar surface area (TPSA) is 111 Å². The van der Waals surface area contributed by atoms with Crippen LogP contribution in [0.15, 0.2) is 23.2 Å². The van der Waals surface area contributed by atoms with Crippen molar-refractivity contribution in [3.05, 3.63) is 24.0 Å². The molecular weight excluding hydrogens is 302 g/mol. The number of ether oxygens (including phenoxy) is 1. The van der Waals surface area contributed by atoms with E-state index in [1.54, 1.807) is 6.92 Å². The number of carbonyl (C=O) groups is 1. The van der Waals surface area contributed by atoms with Gasteiger partial charge in [0.2, 0.25) is 10.0 Å². The maximum atomic E-state index is 12.0. The molecular formula is C11H15N3O4S2. The van der Waals surface area contributed by atoms with Gasteiger partial charge in [0.1, 0.15) is 15.9 Å². The molecule has 1 unspecified atom stereocenters. The Bertz CT molecular complexity index is 599. The molecule has 1 atom stereocenters. The molecule has 0 amide bonds. The van der Waals surface area contributed by atoms with Gasteiger partial charge in [-0.15, -0.1) is 0 Å². The average Bonchev–Trinajstić information content (AvgIpc) is 2.38. The van der Waals surface area contributed by atoms with Gasteiger partial charge in [0.15, 0.2) is 0 Å². The summed E-state index contributed by atoms with van der Waals surface area (Å²) in [5.74, 6) is -0.649. The number of thiocarbonyl (C=S) groups is 1. The fourth-order valence-corrected chi connectivity index (χ4v) is 2.56. The second-order valence-electron chi connectivity index (χ2n) is 3.84. The highest BCUT2D eigenvalue weighted by atomic mass is 32.2. The highest BCUT2D eigenvalue weighted by Gasteiger charge is 2.23. The molecule has 1 rings (SSSR count). The predicted octanol–water partition coefficient (Wildman–Crippen LogP) is -0.0543. The normalized spacial score (nSPS) is 12.7. The second kappa shape index (κ2) is 6.73. The van der Waals surface area contributed by atoms with Crippen molar-refractivity contribution in [2.45, 2.75) is 24.8 Å². The molecule has 1 aromatic heterocycles. The predicted molar refractivity (Wildman–Crippen MR) is 76.5 cm³/mol. The van der Waals surface area contributed by atoms with E-state index in [4.69, 9.17) is 22.7 Å². The van der Waals surface area contributed by atoms with Crippen LogP contribution < -0.4 is 10.5 Å². The summed E-state index contributed by atoms with van der Waals surface area (Å²) in [5, 5.41) is 0. The minimum atomic E-state index is -3.86. The number of hydrogen-bond acceptors (Lipinski definition) is 6. The highest BCUT2D eigenvalue weighted by molar-refractivity contribution is 7.89. The number of nitrogens with two attached hydrogens (primary N) is 1. The molecule has 110 valence electrons. The third-order valence-electron chi connectivity index (χ3n) is 2.27. The van der Waals surface area contributed by atoms with Gasteiger partial charge in [-0.1, -0.05) is 12.2 Å². The van der Waals surface area contributed by atoms with Crippen molar-refractivity contribution in [2.75, 3.05) is 6.61 Å². The van der Waals surface area contributed by atoms with Crippen LogP contribution in [0.5, 0.6) is 0 Å². The van der Waals surface area contributed by atoms with E-state index in [0.29, 0.717) is 5.69 Å². The molecule has 1 aromatic rings. The van der Waals surface area contributed by atoms with Crippen molar-refractivity contribution in [3.8, 4) is 0 Å². The number of pyridine rings is 1. The molecule has 0 aromatic carbocycles. The minimum absolute atomic E-state index is 0.0711. The van der Waals surface area contributed by atoms with Crippen LogP contribution in [0.25, 0.3) is 0 Å². The highest BCUT2D eigenvalue weighted by Crippen LogP contribution is 2.09. The number of hydrogen-bond donors (Lipinski definition) is 2. The van der Waals surface area contributed by atoms with Crippen LogP contribution in [0, 0.1) is 0 Å². The summed E-state index contributed by atoms with van der Waals surface area (Å²) < 4.78 is 30.9. The Kier molecular flexibility index (Phi) is 5.54. The van der Waals surface area contributed by atoms with Gasteiger partial charge in [-0.25, -0.2) is 8.42 Å². The third kappa shape index (κ3) is 4.22. The summed E-state index contributed by atoms with van der Waals surface area (Å²) >= 11 is 4.72. The van der Waals surface area contributed by atoms with Crippen molar-refractivity contribution >= 4 is 33.2 Å². The number of nitrogens with zero attached hydrogens (tertiary/aromatic N) is 1. The first kappa shape index (κ1) is 16.5. The Morgan fingerprint density at radius 1 is 1.55 bits per heavy atom. The molecule has 0 aliphatic carbocycles. The lowest BCUT2D eigenvalue weighted by atomic mass is 10.3. The molecule has 0 spiro atoms. The van der Waals surface area contributed by atoms with Crippen molar-refractivity contribution in [2.24, 2.45) is 5.73 Å². The zero-order chi connectivity index (χ0) is 15.3. The minimum Gasteiger partial charge on any atom is -0.465 e. The summed E-state index contributed by atoms with van der Waals surface area (Å²) in [6.07, 6.45) is 1.12. The van der Waals surface area contributed by atoms with Gasteiger partial charge < -0.3 is 10.5 Å². The molecule has 0 saturated carbocycles. The van der Waals surface area contributed by atoms with Crippen LogP contribution in [-0.2, 0) is 19.6 Å². The lowest BCUT2D eigenvalue weighted by molar-refractivity contribution is -0.144. The fraction of sp³-hybridized carbons (Fsp3) is 0.364. The Morgan fingerprint density at radius 2 is 2.20 bits per heavy atom.